The maximum Gasteiger partial charge on any atom is 0.321 e. The van der Waals surface area contributed by atoms with Gasteiger partial charge < -0.3 is 15.1 Å². The summed E-state index contributed by atoms with van der Waals surface area (Å²) < 4.78 is 0. The molecule has 5 nitrogen and oxygen atoms in total. The number of hydrogen-bond donors (Lipinski definition) is 1. The standard InChI is InChI=1S/C17H19ClN4O/c1-13-5-6-14(18)12-15(13)20-17(23)22-10-8-21(9-11-22)16-4-2-3-7-19-16/h2-7,12H,8-11H2,1H3,(H,20,23). The van der Waals surface area contributed by atoms with Gasteiger partial charge in [-0.05, 0) is 36.8 Å². The second kappa shape index (κ2) is 6.87. The lowest BCUT2D eigenvalue weighted by Crippen LogP contribution is -2.50. The SMILES string of the molecule is Cc1ccc(Cl)cc1NC(=O)N1CCN(c2ccccn2)CC1. The fraction of sp³-hybridized carbons (Fsp3) is 0.294. The van der Waals surface area contributed by atoms with Gasteiger partial charge in [0.25, 0.3) is 0 Å². The van der Waals surface area contributed by atoms with Crippen molar-refractivity contribution in [3.63, 3.8) is 0 Å². The van der Waals surface area contributed by atoms with Crippen molar-refractivity contribution in [2.75, 3.05) is 36.4 Å². The zero-order chi connectivity index (χ0) is 16.2. The van der Waals surface area contributed by atoms with E-state index in [0.717, 1.165) is 30.2 Å². The Bertz CT molecular complexity index is 684. The van der Waals surface area contributed by atoms with Gasteiger partial charge >= 0.3 is 6.03 Å². The molecule has 1 aliphatic rings. The Hall–Kier alpha value is -2.27. The molecule has 1 fully saturated rings. The summed E-state index contributed by atoms with van der Waals surface area (Å²) in [6.07, 6.45) is 1.79. The van der Waals surface area contributed by atoms with Crippen molar-refractivity contribution in [2.24, 2.45) is 0 Å². The van der Waals surface area contributed by atoms with Gasteiger partial charge in [-0.3, -0.25) is 0 Å². The fourth-order valence-electron chi connectivity index (χ4n) is 2.60. The minimum absolute atomic E-state index is 0.0870. The molecule has 6 heteroatoms. The van der Waals surface area contributed by atoms with Crippen LogP contribution < -0.4 is 10.2 Å². The molecule has 0 radical (unpaired) electrons. The summed E-state index contributed by atoms with van der Waals surface area (Å²) >= 11 is 5.99. The van der Waals surface area contributed by atoms with E-state index in [0.29, 0.717) is 18.1 Å². The molecule has 1 N–H and O–H groups in total. The molecule has 1 aliphatic heterocycles. The lowest BCUT2D eigenvalue weighted by molar-refractivity contribution is 0.208. The predicted molar refractivity (Wildman–Crippen MR) is 93.2 cm³/mol. The zero-order valence-electron chi connectivity index (χ0n) is 13.0. The first-order valence-corrected chi connectivity index (χ1v) is 7.99. The molecule has 1 aromatic carbocycles. The Morgan fingerprint density at radius 3 is 2.65 bits per heavy atom. The molecule has 23 heavy (non-hydrogen) atoms. The smallest absolute Gasteiger partial charge is 0.321 e. The van der Waals surface area contributed by atoms with Crippen molar-refractivity contribution >= 4 is 29.1 Å². The highest BCUT2D eigenvalue weighted by molar-refractivity contribution is 6.31. The maximum absolute atomic E-state index is 12.4. The average Bonchev–Trinajstić information content (AvgIpc) is 2.59. The van der Waals surface area contributed by atoms with Gasteiger partial charge in [0.15, 0.2) is 0 Å². The third kappa shape index (κ3) is 3.74. The van der Waals surface area contributed by atoms with Crippen LogP contribution in [0.3, 0.4) is 0 Å². The summed E-state index contributed by atoms with van der Waals surface area (Å²) in [7, 11) is 0. The first-order valence-electron chi connectivity index (χ1n) is 7.61. The summed E-state index contributed by atoms with van der Waals surface area (Å²) in [5, 5.41) is 3.56. The predicted octanol–water partition coefficient (Wildman–Crippen LogP) is 3.40. The highest BCUT2D eigenvalue weighted by Gasteiger charge is 2.22. The molecule has 3 rings (SSSR count). The number of amides is 2. The van der Waals surface area contributed by atoms with Gasteiger partial charge in [-0.2, -0.15) is 0 Å². The molecule has 0 bridgehead atoms. The molecule has 0 spiro atoms. The number of aromatic nitrogens is 1. The van der Waals surface area contributed by atoms with Crippen LogP contribution >= 0.6 is 11.6 Å². The number of halogens is 1. The molecule has 2 heterocycles. The third-order valence-corrected chi connectivity index (χ3v) is 4.22. The minimum atomic E-state index is -0.0870. The van der Waals surface area contributed by atoms with Gasteiger partial charge in [-0.15, -0.1) is 0 Å². The summed E-state index contributed by atoms with van der Waals surface area (Å²) in [4.78, 5) is 20.8. The Morgan fingerprint density at radius 2 is 1.96 bits per heavy atom. The van der Waals surface area contributed by atoms with E-state index >= 15 is 0 Å². The van der Waals surface area contributed by atoms with Crippen molar-refractivity contribution < 1.29 is 4.79 Å². The van der Waals surface area contributed by atoms with Crippen LogP contribution in [0.1, 0.15) is 5.56 Å². The van der Waals surface area contributed by atoms with E-state index in [-0.39, 0.29) is 6.03 Å². The van der Waals surface area contributed by atoms with Crippen LogP contribution in [0.4, 0.5) is 16.3 Å². The van der Waals surface area contributed by atoms with E-state index in [4.69, 9.17) is 11.6 Å². The highest BCUT2D eigenvalue weighted by atomic mass is 35.5. The average molecular weight is 331 g/mol. The molecule has 2 aromatic rings. The highest BCUT2D eigenvalue weighted by Crippen LogP contribution is 2.21. The van der Waals surface area contributed by atoms with Gasteiger partial charge in [0.05, 0.1) is 0 Å². The van der Waals surface area contributed by atoms with Crippen molar-refractivity contribution in [2.45, 2.75) is 6.92 Å². The van der Waals surface area contributed by atoms with Crippen molar-refractivity contribution in [3.8, 4) is 0 Å². The van der Waals surface area contributed by atoms with E-state index in [1.54, 1.807) is 12.3 Å². The normalized spacial score (nSPS) is 14.7. The van der Waals surface area contributed by atoms with Crippen molar-refractivity contribution in [1.82, 2.24) is 9.88 Å². The summed E-state index contributed by atoms with van der Waals surface area (Å²) in [6.45, 7) is 4.84. The Kier molecular flexibility index (Phi) is 4.67. The largest absolute Gasteiger partial charge is 0.353 e. The van der Waals surface area contributed by atoms with Crippen LogP contribution in [0.2, 0.25) is 5.02 Å². The van der Waals surface area contributed by atoms with Crippen LogP contribution in [0.25, 0.3) is 0 Å². The number of pyridine rings is 1. The molecule has 1 aromatic heterocycles. The number of benzene rings is 1. The first kappa shape index (κ1) is 15.6. The minimum Gasteiger partial charge on any atom is -0.353 e. The molecular weight excluding hydrogens is 312 g/mol. The quantitative estimate of drug-likeness (QED) is 0.918. The second-order valence-electron chi connectivity index (χ2n) is 5.55. The molecule has 0 saturated carbocycles. The van der Waals surface area contributed by atoms with Crippen LogP contribution in [0.15, 0.2) is 42.6 Å². The molecule has 0 unspecified atom stereocenters. The topological polar surface area (TPSA) is 48.5 Å². The summed E-state index contributed by atoms with van der Waals surface area (Å²) in [5.41, 5.74) is 1.75. The molecule has 0 aliphatic carbocycles. The van der Waals surface area contributed by atoms with Crippen LogP contribution in [0.5, 0.6) is 0 Å². The lowest BCUT2D eigenvalue weighted by atomic mass is 10.2. The maximum atomic E-state index is 12.4. The Labute approximate surface area is 140 Å². The Morgan fingerprint density at radius 1 is 1.17 bits per heavy atom. The molecular formula is C17H19ClN4O. The number of nitrogens with one attached hydrogen (secondary N) is 1. The lowest BCUT2D eigenvalue weighted by Gasteiger charge is -2.35. The third-order valence-electron chi connectivity index (χ3n) is 3.98. The van der Waals surface area contributed by atoms with Crippen molar-refractivity contribution in [1.29, 1.82) is 0 Å². The van der Waals surface area contributed by atoms with Gasteiger partial charge in [-0.25, -0.2) is 9.78 Å². The first-order chi connectivity index (χ1) is 11.1. The van der Waals surface area contributed by atoms with Gasteiger partial charge in [0.2, 0.25) is 0 Å². The van der Waals surface area contributed by atoms with E-state index in [1.165, 1.54) is 0 Å². The molecule has 120 valence electrons. The summed E-state index contributed by atoms with van der Waals surface area (Å²) in [5.74, 6) is 0.957. The number of nitrogens with zero attached hydrogens (tertiary/aromatic N) is 3. The number of carbonyl (C=O) groups is 1. The number of rotatable bonds is 2. The molecule has 1 saturated heterocycles. The second-order valence-corrected chi connectivity index (χ2v) is 5.99. The monoisotopic (exact) mass is 330 g/mol. The number of urea groups is 1. The summed E-state index contributed by atoms with van der Waals surface area (Å²) in [6, 6.07) is 11.3. The zero-order valence-corrected chi connectivity index (χ0v) is 13.8. The van der Waals surface area contributed by atoms with Crippen LogP contribution in [0, 0.1) is 6.92 Å². The van der Waals surface area contributed by atoms with Crippen LogP contribution in [-0.4, -0.2) is 42.1 Å². The molecule has 0 atom stereocenters. The van der Waals surface area contributed by atoms with Crippen LogP contribution in [-0.2, 0) is 0 Å². The van der Waals surface area contributed by atoms with E-state index < -0.39 is 0 Å². The van der Waals surface area contributed by atoms with E-state index in [1.807, 2.05) is 42.2 Å². The Balaban J connectivity index is 1.59. The van der Waals surface area contributed by atoms with Gasteiger partial charge in [-0.1, -0.05) is 23.7 Å². The van der Waals surface area contributed by atoms with Crippen molar-refractivity contribution in [3.05, 3.63) is 53.2 Å². The number of carbonyl (C=O) groups excluding carboxylic acids is 1. The van der Waals surface area contributed by atoms with Gasteiger partial charge in [0, 0.05) is 43.1 Å². The van der Waals surface area contributed by atoms with Gasteiger partial charge in [0.1, 0.15) is 5.82 Å². The van der Waals surface area contributed by atoms with E-state index in [9.17, 15) is 4.79 Å². The number of piperazine rings is 1. The van der Waals surface area contributed by atoms with E-state index in [2.05, 4.69) is 15.2 Å². The number of hydrogen-bond acceptors (Lipinski definition) is 3. The molecule has 2 amide bonds. The number of aryl methyl sites for hydroxylation is 1. The number of anilines is 2. The fourth-order valence-corrected chi connectivity index (χ4v) is 2.77.